The maximum atomic E-state index is 13.6. The van der Waals surface area contributed by atoms with Crippen molar-refractivity contribution in [2.24, 2.45) is 0 Å². The Morgan fingerprint density at radius 1 is 1.48 bits per heavy atom. The first kappa shape index (κ1) is 19.6. The van der Waals surface area contributed by atoms with Crippen molar-refractivity contribution in [2.45, 2.75) is 25.9 Å². The smallest absolute Gasteiger partial charge is 0.226 e. The number of aryl methyl sites for hydroxylation is 1. The molecule has 1 aliphatic heterocycles. The lowest BCUT2D eigenvalue weighted by atomic mass is 10.2. The second-order valence-electron chi connectivity index (χ2n) is 6.65. The van der Waals surface area contributed by atoms with E-state index >= 15 is 0 Å². The summed E-state index contributed by atoms with van der Waals surface area (Å²) < 4.78 is 48.0. The van der Waals surface area contributed by atoms with Gasteiger partial charge in [0.2, 0.25) is 5.89 Å². The highest BCUT2D eigenvalue weighted by Gasteiger charge is 2.32. The number of benzene rings is 1. The van der Waals surface area contributed by atoms with E-state index in [1.807, 2.05) is 6.92 Å². The first-order valence-corrected chi connectivity index (χ1v) is 10.5. The molecule has 2 aromatic rings. The molecule has 0 N–H and O–H groups in total. The minimum Gasteiger partial charge on any atom is -0.494 e. The van der Waals surface area contributed by atoms with Gasteiger partial charge in [-0.25, -0.2) is 17.8 Å². The van der Waals surface area contributed by atoms with Gasteiger partial charge in [-0.05, 0) is 31.5 Å². The van der Waals surface area contributed by atoms with Crippen LogP contribution in [-0.2, 0) is 16.4 Å². The number of oxazole rings is 1. The Morgan fingerprint density at radius 2 is 2.26 bits per heavy atom. The number of halogens is 1. The van der Waals surface area contributed by atoms with Gasteiger partial charge < -0.3 is 9.15 Å². The van der Waals surface area contributed by atoms with Crippen molar-refractivity contribution in [3.05, 3.63) is 48.1 Å². The van der Waals surface area contributed by atoms with E-state index in [2.05, 4.69) is 16.5 Å². The molecule has 0 spiro atoms. The van der Waals surface area contributed by atoms with E-state index in [0.717, 1.165) is 5.69 Å². The summed E-state index contributed by atoms with van der Waals surface area (Å²) in [5.41, 5.74) is 1.33. The number of nitrogens with zero attached hydrogens (tertiary/aromatic N) is 2. The Balaban J connectivity index is 1.84. The fraction of sp³-hybridized carbons (Fsp3) is 0.421. The fourth-order valence-corrected chi connectivity index (χ4v) is 5.02. The summed E-state index contributed by atoms with van der Waals surface area (Å²) in [6, 6.07) is 4.37. The van der Waals surface area contributed by atoms with Gasteiger partial charge in [0.05, 0.1) is 24.3 Å². The summed E-state index contributed by atoms with van der Waals surface area (Å²) in [5.74, 6) is 1.05. The first-order valence-electron chi connectivity index (χ1n) is 8.68. The topological polar surface area (TPSA) is 72.6 Å². The molecule has 3 rings (SSSR count). The van der Waals surface area contributed by atoms with E-state index in [9.17, 15) is 12.8 Å². The minimum absolute atomic E-state index is 0.0570. The normalized spacial score (nSPS) is 18.7. The summed E-state index contributed by atoms with van der Waals surface area (Å²) in [5, 5.41) is 0. The van der Waals surface area contributed by atoms with Crippen molar-refractivity contribution >= 4 is 9.84 Å². The molecule has 1 aromatic heterocycles. The molecule has 1 atom stereocenters. The third kappa shape index (κ3) is 4.39. The molecule has 1 aliphatic rings. The molecule has 0 saturated carbocycles. The molecule has 27 heavy (non-hydrogen) atoms. The lowest BCUT2D eigenvalue weighted by molar-refractivity contribution is 0.223. The van der Waals surface area contributed by atoms with E-state index in [-0.39, 0.29) is 23.3 Å². The van der Waals surface area contributed by atoms with Gasteiger partial charge in [-0.15, -0.1) is 6.58 Å². The Hall–Kier alpha value is -2.19. The van der Waals surface area contributed by atoms with Gasteiger partial charge in [-0.3, -0.25) is 4.90 Å². The van der Waals surface area contributed by atoms with E-state index < -0.39 is 15.7 Å². The van der Waals surface area contributed by atoms with E-state index in [4.69, 9.17) is 9.15 Å². The predicted octanol–water partition coefficient (Wildman–Crippen LogP) is 2.97. The number of rotatable bonds is 7. The van der Waals surface area contributed by atoms with Crippen molar-refractivity contribution in [2.75, 3.05) is 25.2 Å². The number of hydrogen-bond acceptors (Lipinski definition) is 6. The number of sulfone groups is 1. The first-order chi connectivity index (χ1) is 12.8. The van der Waals surface area contributed by atoms with Gasteiger partial charge in [0.1, 0.15) is 5.76 Å². The number of hydrogen-bond donors (Lipinski definition) is 0. The quantitative estimate of drug-likeness (QED) is 0.673. The summed E-state index contributed by atoms with van der Waals surface area (Å²) in [4.78, 5) is 6.60. The molecule has 0 radical (unpaired) electrons. The Labute approximate surface area is 158 Å². The zero-order valence-corrected chi connectivity index (χ0v) is 16.3. The molecule has 2 heterocycles. The van der Waals surface area contributed by atoms with Crippen molar-refractivity contribution in [1.29, 1.82) is 0 Å². The van der Waals surface area contributed by atoms with Crippen LogP contribution >= 0.6 is 0 Å². The fourth-order valence-electron chi connectivity index (χ4n) is 3.26. The molecule has 1 unspecified atom stereocenters. The van der Waals surface area contributed by atoms with Crippen molar-refractivity contribution < 1.29 is 22.0 Å². The molecule has 1 fully saturated rings. The van der Waals surface area contributed by atoms with Crippen LogP contribution in [0.25, 0.3) is 11.5 Å². The van der Waals surface area contributed by atoms with Crippen LogP contribution in [0.1, 0.15) is 17.9 Å². The van der Waals surface area contributed by atoms with Gasteiger partial charge in [0.25, 0.3) is 0 Å². The molecular formula is C19H23FN2O4S. The molecule has 0 aliphatic carbocycles. The standard InChI is InChI=1S/C19H23FN2O4S/c1-4-8-22(15-7-9-27(23,24)12-15)11-17-13(2)26-19(21-17)14-5-6-16(20)18(10-14)25-3/h4-6,10,15H,1,7-9,11-12H2,2-3H3. The number of aromatic nitrogens is 1. The van der Waals surface area contributed by atoms with Crippen LogP contribution in [0.2, 0.25) is 0 Å². The zero-order valence-electron chi connectivity index (χ0n) is 15.4. The molecule has 6 nitrogen and oxygen atoms in total. The molecule has 0 amide bonds. The van der Waals surface area contributed by atoms with Gasteiger partial charge in [0, 0.05) is 24.7 Å². The van der Waals surface area contributed by atoms with Crippen molar-refractivity contribution in [3.63, 3.8) is 0 Å². The highest BCUT2D eigenvalue weighted by molar-refractivity contribution is 7.91. The summed E-state index contributed by atoms with van der Waals surface area (Å²) in [7, 11) is -1.58. The second-order valence-corrected chi connectivity index (χ2v) is 8.87. The summed E-state index contributed by atoms with van der Waals surface area (Å²) in [6.45, 7) is 6.60. The zero-order chi connectivity index (χ0) is 19.6. The average Bonchev–Trinajstić information content (AvgIpc) is 3.17. The van der Waals surface area contributed by atoms with E-state index in [1.54, 1.807) is 12.1 Å². The highest BCUT2D eigenvalue weighted by Crippen LogP contribution is 2.28. The SMILES string of the molecule is C=CCN(Cc1nc(-c2ccc(F)c(OC)c2)oc1C)C1CCS(=O)(=O)C1. The molecule has 146 valence electrons. The van der Waals surface area contributed by atoms with Gasteiger partial charge >= 0.3 is 0 Å². The predicted molar refractivity (Wildman–Crippen MR) is 101 cm³/mol. The van der Waals surface area contributed by atoms with Crippen LogP contribution in [0, 0.1) is 12.7 Å². The summed E-state index contributed by atoms with van der Waals surface area (Å²) in [6.07, 6.45) is 2.36. The number of ether oxygens (including phenoxy) is 1. The highest BCUT2D eigenvalue weighted by atomic mass is 32.2. The Morgan fingerprint density at radius 3 is 2.89 bits per heavy atom. The van der Waals surface area contributed by atoms with Crippen LogP contribution in [0.4, 0.5) is 4.39 Å². The third-order valence-electron chi connectivity index (χ3n) is 4.73. The monoisotopic (exact) mass is 394 g/mol. The maximum Gasteiger partial charge on any atom is 0.226 e. The molecule has 8 heteroatoms. The average molecular weight is 394 g/mol. The largest absolute Gasteiger partial charge is 0.494 e. The molecule has 0 bridgehead atoms. The van der Waals surface area contributed by atoms with Crippen LogP contribution in [-0.4, -0.2) is 49.5 Å². The Bertz CT molecular complexity index is 939. The number of methoxy groups -OCH3 is 1. The molecule has 1 saturated heterocycles. The molecular weight excluding hydrogens is 371 g/mol. The van der Waals surface area contributed by atoms with Gasteiger partial charge in [-0.2, -0.15) is 0 Å². The minimum atomic E-state index is -2.98. The van der Waals surface area contributed by atoms with Gasteiger partial charge in [0.15, 0.2) is 21.4 Å². The Kier molecular flexibility index (Phi) is 5.67. The maximum absolute atomic E-state index is 13.6. The third-order valence-corrected chi connectivity index (χ3v) is 6.48. The van der Waals surface area contributed by atoms with Crippen LogP contribution in [0.5, 0.6) is 5.75 Å². The van der Waals surface area contributed by atoms with Crippen molar-refractivity contribution in [1.82, 2.24) is 9.88 Å². The van der Waals surface area contributed by atoms with E-state index in [1.165, 1.54) is 19.2 Å². The van der Waals surface area contributed by atoms with Crippen LogP contribution in [0.3, 0.4) is 0 Å². The molecule has 1 aromatic carbocycles. The van der Waals surface area contributed by atoms with Crippen molar-refractivity contribution in [3.8, 4) is 17.2 Å². The van der Waals surface area contributed by atoms with Crippen LogP contribution in [0.15, 0.2) is 35.3 Å². The van der Waals surface area contributed by atoms with Crippen LogP contribution < -0.4 is 4.74 Å². The van der Waals surface area contributed by atoms with E-state index in [0.29, 0.717) is 36.7 Å². The lowest BCUT2D eigenvalue weighted by Gasteiger charge is -2.25. The lowest BCUT2D eigenvalue weighted by Crippen LogP contribution is -2.36. The summed E-state index contributed by atoms with van der Waals surface area (Å²) >= 11 is 0. The van der Waals surface area contributed by atoms with Gasteiger partial charge in [-0.1, -0.05) is 6.08 Å². The second kappa shape index (κ2) is 7.82.